The molecule has 0 radical (unpaired) electrons. The molecule has 21 heavy (non-hydrogen) atoms. The van der Waals surface area contributed by atoms with Gasteiger partial charge in [-0.25, -0.2) is 0 Å². The molecule has 0 fully saturated rings. The molecular weight excluding hydrogens is 329 g/mol. The molecule has 0 aliphatic carbocycles. The molecule has 1 heterocycles. The van der Waals surface area contributed by atoms with Gasteiger partial charge in [0.2, 0.25) is 0 Å². The van der Waals surface area contributed by atoms with Crippen LogP contribution >= 0.6 is 35.0 Å². The zero-order chi connectivity index (χ0) is 15.0. The summed E-state index contributed by atoms with van der Waals surface area (Å²) in [5, 5.41) is 11.9. The van der Waals surface area contributed by atoms with Gasteiger partial charge in [-0.2, -0.15) is 0 Å². The van der Waals surface area contributed by atoms with Crippen molar-refractivity contribution in [2.24, 2.45) is 0 Å². The van der Waals surface area contributed by atoms with E-state index in [0.29, 0.717) is 25.8 Å². The molecule has 0 atom stereocenters. The maximum absolute atomic E-state index is 12.2. The first-order valence-corrected chi connectivity index (χ1v) is 7.60. The minimum Gasteiger partial charge on any atom is -0.506 e. The lowest BCUT2D eigenvalue weighted by Gasteiger charge is -2.08. The number of hydrogen-bond acceptors (Lipinski definition) is 3. The molecule has 2 aromatic carbocycles. The van der Waals surface area contributed by atoms with Crippen LogP contribution in [0.3, 0.4) is 0 Å². The van der Waals surface area contributed by atoms with Gasteiger partial charge in [-0.15, -0.1) is 0 Å². The molecule has 0 bridgehead atoms. The third-order valence-corrected chi connectivity index (χ3v) is 4.79. The van der Waals surface area contributed by atoms with Crippen LogP contribution < -0.4 is 5.56 Å². The molecule has 0 aliphatic rings. The normalized spacial score (nSPS) is 11.0. The highest BCUT2D eigenvalue weighted by atomic mass is 35.5. The van der Waals surface area contributed by atoms with Gasteiger partial charge in [0.1, 0.15) is 10.6 Å². The van der Waals surface area contributed by atoms with Gasteiger partial charge in [0.25, 0.3) is 5.56 Å². The van der Waals surface area contributed by atoms with Crippen LogP contribution in [0.5, 0.6) is 5.75 Å². The summed E-state index contributed by atoms with van der Waals surface area (Å²) >= 11 is 13.1. The molecule has 0 saturated heterocycles. The lowest BCUT2D eigenvalue weighted by Crippen LogP contribution is -2.08. The fourth-order valence-corrected chi connectivity index (χ4v) is 3.27. The van der Waals surface area contributed by atoms with Crippen LogP contribution in [0.1, 0.15) is 0 Å². The van der Waals surface area contributed by atoms with Gasteiger partial charge >= 0.3 is 0 Å². The molecule has 3 rings (SSSR count). The highest BCUT2D eigenvalue weighted by Crippen LogP contribution is 2.38. The summed E-state index contributed by atoms with van der Waals surface area (Å²) in [7, 11) is 0. The molecule has 0 saturated carbocycles. The number of benzene rings is 2. The molecular formula is C15H9Cl2NO2S. The Balaban J connectivity index is 2.17. The van der Waals surface area contributed by atoms with Crippen LogP contribution in [0, 0.1) is 0 Å². The Morgan fingerprint density at radius 1 is 1.10 bits per heavy atom. The van der Waals surface area contributed by atoms with Gasteiger partial charge < -0.3 is 10.1 Å². The van der Waals surface area contributed by atoms with E-state index < -0.39 is 0 Å². The number of H-pyrrole nitrogens is 1. The predicted octanol–water partition coefficient (Wildman–Crippen LogP) is 4.69. The maximum Gasteiger partial charge on any atom is 0.266 e. The predicted molar refractivity (Wildman–Crippen MR) is 86.8 cm³/mol. The van der Waals surface area contributed by atoms with E-state index in [1.807, 2.05) is 6.07 Å². The molecule has 3 aromatic rings. The third-order valence-electron chi connectivity index (χ3n) is 2.95. The summed E-state index contributed by atoms with van der Waals surface area (Å²) in [5.41, 5.74) is 0.112. The Kier molecular flexibility index (Phi) is 3.85. The smallest absolute Gasteiger partial charge is 0.266 e. The maximum atomic E-state index is 12.2. The number of halogens is 2. The summed E-state index contributed by atoms with van der Waals surface area (Å²) in [6, 6.07) is 12.1. The second-order valence-electron chi connectivity index (χ2n) is 4.35. The van der Waals surface area contributed by atoms with E-state index in [2.05, 4.69) is 4.98 Å². The summed E-state index contributed by atoms with van der Waals surface area (Å²) < 4.78 is 0. The van der Waals surface area contributed by atoms with E-state index in [1.54, 1.807) is 36.4 Å². The Morgan fingerprint density at radius 3 is 2.62 bits per heavy atom. The lowest BCUT2D eigenvalue weighted by atomic mass is 10.2. The summed E-state index contributed by atoms with van der Waals surface area (Å²) in [6.45, 7) is 0. The van der Waals surface area contributed by atoms with Crippen molar-refractivity contribution >= 4 is 45.9 Å². The van der Waals surface area contributed by atoms with Crippen molar-refractivity contribution in [2.75, 3.05) is 0 Å². The minimum atomic E-state index is -0.382. The van der Waals surface area contributed by atoms with E-state index in [-0.39, 0.29) is 16.2 Å². The largest absolute Gasteiger partial charge is 0.506 e. The fourth-order valence-electron chi connectivity index (χ4n) is 1.97. The van der Waals surface area contributed by atoms with E-state index >= 15 is 0 Å². The minimum absolute atomic E-state index is 0.0738. The van der Waals surface area contributed by atoms with Crippen LogP contribution in [0.4, 0.5) is 0 Å². The molecule has 0 spiro atoms. The first kappa shape index (κ1) is 14.3. The zero-order valence-corrected chi connectivity index (χ0v) is 12.9. The van der Waals surface area contributed by atoms with Crippen LogP contribution in [0.15, 0.2) is 57.1 Å². The van der Waals surface area contributed by atoms with E-state index in [9.17, 15) is 9.90 Å². The molecule has 1 aromatic heterocycles. The summed E-state index contributed by atoms with van der Waals surface area (Å²) in [6.07, 6.45) is 0. The van der Waals surface area contributed by atoms with Crippen molar-refractivity contribution in [3.63, 3.8) is 0 Å². The molecule has 6 heteroatoms. The van der Waals surface area contributed by atoms with E-state index in [4.69, 9.17) is 23.2 Å². The van der Waals surface area contributed by atoms with E-state index in [1.165, 1.54) is 0 Å². The average Bonchev–Trinajstić information content (AvgIpc) is 2.45. The fraction of sp³-hybridized carbons (Fsp3) is 0. The van der Waals surface area contributed by atoms with Crippen molar-refractivity contribution < 1.29 is 5.11 Å². The average molecular weight is 338 g/mol. The molecule has 3 nitrogen and oxygen atoms in total. The van der Waals surface area contributed by atoms with Crippen molar-refractivity contribution in [3.05, 3.63) is 62.9 Å². The van der Waals surface area contributed by atoms with Crippen LogP contribution in [0.25, 0.3) is 10.9 Å². The first-order valence-electron chi connectivity index (χ1n) is 6.03. The van der Waals surface area contributed by atoms with Crippen molar-refractivity contribution in [3.8, 4) is 5.75 Å². The summed E-state index contributed by atoms with van der Waals surface area (Å²) in [4.78, 5) is 15.8. The molecule has 0 aliphatic heterocycles. The highest BCUT2D eigenvalue weighted by Gasteiger charge is 2.14. The van der Waals surface area contributed by atoms with Crippen LogP contribution in [-0.2, 0) is 0 Å². The zero-order valence-electron chi connectivity index (χ0n) is 10.6. The van der Waals surface area contributed by atoms with Gasteiger partial charge in [-0.05, 0) is 30.3 Å². The monoisotopic (exact) mass is 337 g/mol. The second kappa shape index (κ2) is 5.64. The first-order chi connectivity index (χ1) is 10.1. The number of hydrogen-bond donors (Lipinski definition) is 2. The highest BCUT2D eigenvalue weighted by molar-refractivity contribution is 7.99. The van der Waals surface area contributed by atoms with Gasteiger partial charge in [0.15, 0.2) is 0 Å². The lowest BCUT2D eigenvalue weighted by molar-refractivity contribution is 0.467. The third kappa shape index (κ3) is 2.75. The SMILES string of the molecule is O=c1[nH]c2cc(Cl)ccc2c(O)c1Sc1ccccc1Cl. The quantitative estimate of drug-likeness (QED) is 0.713. The Bertz CT molecular complexity index is 892. The molecule has 0 unspecified atom stereocenters. The molecule has 0 amide bonds. The standard InChI is InChI=1S/C15H9Cl2NO2S/c16-8-5-6-9-11(7-8)18-15(20)14(13(9)19)21-12-4-2-1-3-10(12)17/h1-7H,(H2,18,19,20). The van der Waals surface area contributed by atoms with Gasteiger partial charge in [-0.3, -0.25) is 4.79 Å². The number of rotatable bonds is 2. The Hall–Kier alpha value is -1.62. The number of aromatic nitrogens is 1. The molecule has 2 N–H and O–H groups in total. The van der Waals surface area contributed by atoms with Crippen molar-refractivity contribution in [2.45, 2.75) is 9.79 Å². The van der Waals surface area contributed by atoms with Crippen LogP contribution in [-0.4, -0.2) is 10.1 Å². The number of nitrogens with one attached hydrogen (secondary N) is 1. The number of pyridine rings is 1. The van der Waals surface area contributed by atoms with Crippen molar-refractivity contribution in [1.82, 2.24) is 4.98 Å². The van der Waals surface area contributed by atoms with Crippen LogP contribution in [0.2, 0.25) is 10.0 Å². The van der Waals surface area contributed by atoms with Crippen molar-refractivity contribution in [1.29, 1.82) is 0 Å². The topological polar surface area (TPSA) is 53.1 Å². The van der Waals surface area contributed by atoms with Gasteiger partial charge in [0, 0.05) is 15.3 Å². The molecule has 106 valence electrons. The number of fused-ring (bicyclic) bond motifs is 1. The number of aromatic hydroxyl groups is 1. The van der Waals surface area contributed by atoms with E-state index in [0.717, 1.165) is 11.8 Å². The Morgan fingerprint density at radius 2 is 1.86 bits per heavy atom. The second-order valence-corrected chi connectivity index (χ2v) is 6.25. The Labute approximate surface area is 134 Å². The summed E-state index contributed by atoms with van der Waals surface area (Å²) in [5.74, 6) is -0.0738. The van der Waals surface area contributed by atoms with Gasteiger partial charge in [0.05, 0.1) is 10.5 Å². The van der Waals surface area contributed by atoms with Gasteiger partial charge in [-0.1, -0.05) is 47.1 Å². The number of aromatic amines is 1.